The van der Waals surface area contributed by atoms with E-state index in [9.17, 15) is 14.4 Å². The van der Waals surface area contributed by atoms with E-state index < -0.39 is 17.9 Å². The van der Waals surface area contributed by atoms with Crippen LogP contribution < -0.4 is 5.32 Å². The molecule has 1 fully saturated rings. The lowest BCUT2D eigenvalue weighted by Crippen LogP contribution is -2.59. The highest BCUT2D eigenvalue weighted by molar-refractivity contribution is 6.32. The molecule has 1 saturated heterocycles. The average molecular weight is 307 g/mol. The van der Waals surface area contributed by atoms with Gasteiger partial charge in [0.2, 0.25) is 17.7 Å². The fourth-order valence-electron chi connectivity index (χ4n) is 2.17. The Morgan fingerprint density at radius 3 is 2.81 bits per heavy atom. The van der Waals surface area contributed by atoms with Gasteiger partial charge in [-0.25, -0.2) is 0 Å². The third-order valence-electron chi connectivity index (χ3n) is 3.24. The number of halogens is 1. The summed E-state index contributed by atoms with van der Waals surface area (Å²) in [7, 11) is 0. The molecule has 1 aliphatic heterocycles. The second-order valence-corrected chi connectivity index (χ2v) is 5.06. The number of nitrogens with zero attached hydrogens (tertiary/aromatic N) is 1. The molecule has 5 nitrogen and oxygen atoms in total. The summed E-state index contributed by atoms with van der Waals surface area (Å²) in [5.41, 5.74) is 0.702. The minimum absolute atomic E-state index is 0.115. The third kappa shape index (κ3) is 3.49. The van der Waals surface area contributed by atoms with Crippen LogP contribution in [-0.4, -0.2) is 35.2 Å². The van der Waals surface area contributed by atoms with Crippen molar-refractivity contribution in [3.8, 4) is 0 Å². The van der Waals surface area contributed by atoms with Crippen LogP contribution in [0, 0.1) is 0 Å². The van der Waals surface area contributed by atoms with Crippen molar-refractivity contribution in [3.05, 3.63) is 40.9 Å². The first-order chi connectivity index (χ1) is 10.0. The highest BCUT2D eigenvalue weighted by Gasteiger charge is 2.34. The van der Waals surface area contributed by atoms with Crippen LogP contribution in [0.2, 0.25) is 5.02 Å². The molecular formula is C15H15ClN2O3. The maximum Gasteiger partial charge on any atom is 0.249 e. The minimum Gasteiger partial charge on any atom is -0.318 e. The Bertz CT molecular complexity index is 613. The zero-order valence-corrected chi connectivity index (χ0v) is 12.3. The summed E-state index contributed by atoms with van der Waals surface area (Å²) in [6.45, 7) is 1.67. The van der Waals surface area contributed by atoms with Crippen LogP contribution in [0.3, 0.4) is 0 Å². The van der Waals surface area contributed by atoms with Gasteiger partial charge < -0.3 is 4.90 Å². The Labute approximate surface area is 127 Å². The van der Waals surface area contributed by atoms with E-state index in [4.69, 9.17) is 11.6 Å². The largest absolute Gasteiger partial charge is 0.318 e. The Kier molecular flexibility index (Phi) is 4.75. The predicted molar refractivity (Wildman–Crippen MR) is 79.4 cm³/mol. The summed E-state index contributed by atoms with van der Waals surface area (Å²) in [6, 6.07) is 6.48. The van der Waals surface area contributed by atoms with Crippen LogP contribution in [0.4, 0.5) is 0 Å². The molecule has 110 valence electrons. The van der Waals surface area contributed by atoms with Crippen molar-refractivity contribution in [2.75, 3.05) is 6.54 Å². The molecule has 1 aromatic carbocycles. The maximum atomic E-state index is 12.2. The third-order valence-corrected chi connectivity index (χ3v) is 3.58. The van der Waals surface area contributed by atoms with E-state index in [0.717, 1.165) is 0 Å². The number of piperazine rings is 1. The van der Waals surface area contributed by atoms with Gasteiger partial charge in [-0.05, 0) is 24.1 Å². The normalized spacial score (nSPS) is 19.0. The van der Waals surface area contributed by atoms with Crippen molar-refractivity contribution in [2.45, 2.75) is 19.4 Å². The summed E-state index contributed by atoms with van der Waals surface area (Å²) in [4.78, 5) is 36.6. The molecule has 1 N–H and O–H groups in total. The zero-order chi connectivity index (χ0) is 15.4. The number of hydrogen-bond acceptors (Lipinski definition) is 3. The second-order valence-electron chi connectivity index (χ2n) is 4.66. The Hall–Kier alpha value is -2.14. The number of amides is 3. The summed E-state index contributed by atoms with van der Waals surface area (Å²) in [5, 5.41) is 2.76. The number of carbonyl (C=O) groups excluding carboxylic acids is 3. The van der Waals surface area contributed by atoms with E-state index in [-0.39, 0.29) is 12.5 Å². The van der Waals surface area contributed by atoms with Crippen molar-refractivity contribution in [1.82, 2.24) is 10.2 Å². The van der Waals surface area contributed by atoms with Gasteiger partial charge in [0, 0.05) is 11.1 Å². The first-order valence-electron chi connectivity index (χ1n) is 6.60. The lowest BCUT2D eigenvalue weighted by molar-refractivity contribution is -0.147. The molecule has 21 heavy (non-hydrogen) atoms. The van der Waals surface area contributed by atoms with Gasteiger partial charge in [0.25, 0.3) is 0 Å². The molecule has 3 amide bonds. The van der Waals surface area contributed by atoms with E-state index in [1.54, 1.807) is 31.2 Å². The Morgan fingerprint density at radius 2 is 2.14 bits per heavy atom. The molecule has 0 aromatic heterocycles. The Balaban J connectivity index is 2.16. The average Bonchev–Trinajstić information content (AvgIpc) is 2.45. The van der Waals surface area contributed by atoms with Gasteiger partial charge in [-0.3, -0.25) is 19.7 Å². The van der Waals surface area contributed by atoms with Crippen molar-refractivity contribution in [2.24, 2.45) is 0 Å². The molecule has 1 unspecified atom stereocenters. The lowest BCUT2D eigenvalue weighted by atomic mass is 10.1. The van der Waals surface area contributed by atoms with Crippen molar-refractivity contribution < 1.29 is 14.4 Å². The van der Waals surface area contributed by atoms with Gasteiger partial charge in [0.05, 0.1) is 0 Å². The molecule has 1 aromatic rings. The number of carbonyl (C=O) groups is 3. The van der Waals surface area contributed by atoms with Gasteiger partial charge in [-0.2, -0.15) is 0 Å². The quantitative estimate of drug-likeness (QED) is 0.681. The molecule has 6 heteroatoms. The zero-order valence-electron chi connectivity index (χ0n) is 11.5. The molecule has 1 aliphatic rings. The molecule has 0 spiro atoms. The number of imide groups is 1. The van der Waals surface area contributed by atoms with Crippen LogP contribution in [0.25, 0.3) is 6.08 Å². The second kappa shape index (κ2) is 6.54. The van der Waals surface area contributed by atoms with Crippen molar-refractivity contribution in [3.63, 3.8) is 0 Å². The molecule has 0 bridgehead atoms. The number of nitrogens with one attached hydrogen (secondary N) is 1. The molecule has 0 aliphatic carbocycles. The first kappa shape index (κ1) is 15.3. The van der Waals surface area contributed by atoms with Gasteiger partial charge in [0.1, 0.15) is 12.6 Å². The van der Waals surface area contributed by atoms with Crippen LogP contribution in [0.1, 0.15) is 18.9 Å². The van der Waals surface area contributed by atoms with Gasteiger partial charge in [-0.15, -0.1) is 0 Å². The van der Waals surface area contributed by atoms with E-state index in [2.05, 4.69) is 5.32 Å². The summed E-state index contributed by atoms with van der Waals surface area (Å²) in [5.74, 6) is -1.29. The molecular weight excluding hydrogens is 292 g/mol. The van der Waals surface area contributed by atoms with E-state index in [1.807, 2.05) is 6.07 Å². The Morgan fingerprint density at radius 1 is 1.43 bits per heavy atom. The van der Waals surface area contributed by atoms with Crippen LogP contribution in [0.15, 0.2) is 30.3 Å². The van der Waals surface area contributed by atoms with Crippen LogP contribution in [-0.2, 0) is 14.4 Å². The number of rotatable bonds is 3. The van der Waals surface area contributed by atoms with E-state index in [1.165, 1.54) is 11.0 Å². The topological polar surface area (TPSA) is 66.5 Å². The smallest absolute Gasteiger partial charge is 0.249 e. The van der Waals surface area contributed by atoms with Gasteiger partial charge in [0.15, 0.2) is 0 Å². The van der Waals surface area contributed by atoms with Crippen molar-refractivity contribution >= 4 is 35.4 Å². The van der Waals surface area contributed by atoms with E-state index >= 15 is 0 Å². The van der Waals surface area contributed by atoms with E-state index in [0.29, 0.717) is 17.0 Å². The molecule has 0 saturated carbocycles. The molecule has 2 rings (SSSR count). The SMILES string of the molecule is CCC1C(=O)NC(=O)CN1C(=O)C=Cc1ccccc1Cl. The molecule has 0 radical (unpaired) electrons. The monoisotopic (exact) mass is 306 g/mol. The lowest BCUT2D eigenvalue weighted by Gasteiger charge is -2.32. The summed E-state index contributed by atoms with van der Waals surface area (Å²) in [6.07, 6.45) is 3.36. The molecule has 1 heterocycles. The highest BCUT2D eigenvalue weighted by Crippen LogP contribution is 2.17. The fourth-order valence-corrected chi connectivity index (χ4v) is 2.37. The van der Waals surface area contributed by atoms with Crippen LogP contribution in [0.5, 0.6) is 0 Å². The number of hydrogen-bond donors (Lipinski definition) is 1. The molecule has 1 atom stereocenters. The summed E-state index contributed by atoms with van der Waals surface area (Å²) >= 11 is 6.00. The number of benzene rings is 1. The standard InChI is InChI=1S/C15H15ClN2O3/c1-2-12-15(21)17-13(19)9-18(12)14(20)8-7-10-5-3-4-6-11(10)16/h3-8,12H,2,9H2,1H3,(H,17,19,21). The van der Waals surface area contributed by atoms with Gasteiger partial charge >= 0.3 is 0 Å². The van der Waals surface area contributed by atoms with Crippen molar-refractivity contribution in [1.29, 1.82) is 0 Å². The minimum atomic E-state index is -0.619. The van der Waals surface area contributed by atoms with Crippen LogP contribution >= 0.6 is 11.6 Å². The first-order valence-corrected chi connectivity index (χ1v) is 6.97. The predicted octanol–water partition coefficient (Wildman–Crippen LogP) is 1.62. The maximum absolute atomic E-state index is 12.2. The van der Waals surface area contributed by atoms with Gasteiger partial charge in [-0.1, -0.05) is 36.7 Å². The summed E-state index contributed by atoms with van der Waals surface area (Å²) < 4.78 is 0. The highest BCUT2D eigenvalue weighted by atomic mass is 35.5. The fraction of sp³-hybridized carbons (Fsp3) is 0.267.